The number of benzene rings is 1. The molecule has 1 heterocycles. The number of nitrogens with one attached hydrogen (secondary N) is 1. The highest BCUT2D eigenvalue weighted by Gasteiger charge is 1.98. The Kier molecular flexibility index (Phi) is 5.24. The van der Waals surface area contributed by atoms with Crippen LogP contribution in [0.5, 0.6) is 0 Å². The van der Waals surface area contributed by atoms with Gasteiger partial charge in [0, 0.05) is 21.3 Å². The zero-order chi connectivity index (χ0) is 12.8. The monoisotopic (exact) mass is 279 g/mol. The second-order valence-corrected chi connectivity index (χ2v) is 5.96. The predicted octanol–water partition coefficient (Wildman–Crippen LogP) is 4.30. The van der Waals surface area contributed by atoms with E-state index in [9.17, 15) is 0 Å². The van der Waals surface area contributed by atoms with E-state index in [0.717, 1.165) is 31.0 Å². The van der Waals surface area contributed by atoms with Gasteiger partial charge in [-0.3, -0.25) is 0 Å². The highest BCUT2D eigenvalue weighted by Crippen LogP contribution is 2.16. The number of hydrogen-bond acceptors (Lipinski definition) is 2. The van der Waals surface area contributed by atoms with E-state index in [1.165, 1.54) is 15.3 Å². The molecule has 2 rings (SSSR count). The molecule has 3 heteroatoms. The molecule has 0 aliphatic carbocycles. The van der Waals surface area contributed by atoms with Gasteiger partial charge in [0.1, 0.15) is 0 Å². The topological polar surface area (TPSA) is 12.0 Å². The number of rotatable bonds is 6. The van der Waals surface area contributed by atoms with Gasteiger partial charge in [-0.1, -0.05) is 30.7 Å². The summed E-state index contributed by atoms with van der Waals surface area (Å²) in [4.78, 5) is 2.88. The van der Waals surface area contributed by atoms with Gasteiger partial charge in [-0.15, -0.1) is 11.3 Å². The van der Waals surface area contributed by atoms with E-state index in [0.29, 0.717) is 0 Å². The number of halogens is 1. The smallest absolute Gasteiger partial charge is 0.0406 e. The lowest BCUT2D eigenvalue weighted by molar-refractivity contribution is 0.693. The van der Waals surface area contributed by atoms with E-state index in [1.54, 1.807) is 0 Å². The molecule has 18 heavy (non-hydrogen) atoms. The van der Waals surface area contributed by atoms with Crippen LogP contribution in [0.3, 0.4) is 0 Å². The third kappa shape index (κ3) is 4.13. The Morgan fingerprint density at radius 3 is 2.44 bits per heavy atom. The Morgan fingerprint density at radius 1 is 1.06 bits per heavy atom. The first kappa shape index (κ1) is 13.6. The van der Waals surface area contributed by atoms with Crippen LogP contribution in [0.15, 0.2) is 36.4 Å². The van der Waals surface area contributed by atoms with Crippen LogP contribution in [-0.2, 0) is 19.4 Å². The Bertz CT molecular complexity index is 475. The number of aryl methyl sites for hydroxylation is 1. The first-order valence-electron chi connectivity index (χ1n) is 6.30. The zero-order valence-electron chi connectivity index (χ0n) is 10.6. The first-order valence-corrected chi connectivity index (χ1v) is 7.50. The molecule has 0 spiro atoms. The Labute approximate surface area is 118 Å². The molecule has 1 nitrogen and oxygen atoms in total. The summed E-state index contributed by atoms with van der Waals surface area (Å²) < 4.78 is 0. The standard InChI is InChI=1S/C15H18ClNS/c1-2-14-7-8-15(18-14)11-17-10-9-12-3-5-13(16)6-4-12/h3-8,17H,2,9-11H2,1H3. The molecule has 2 aromatic rings. The van der Waals surface area contributed by atoms with Gasteiger partial charge in [0.2, 0.25) is 0 Å². The minimum Gasteiger partial charge on any atom is -0.312 e. The average Bonchev–Trinajstić information content (AvgIpc) is 2.85. The van der Waals surface area contributed by atoms with Gasteiger partial charge >= 0.3 is 0 Å². The fourth-order valence-corrected chi connectivity index (χ4v) is 2.86. The van der Waals surface area contributed by atoms with Crippen molar-refractivity contribution in [2.75, 3.05) is 6.54 Å². The molecule has 0 saturated heterocycles. The van der Waals surface area contributed by atoms with Crippen LogP contribution in [0.4, 0.5) is 0 Å². The summed E-state index contributed by atoms with van der Waals surface area (Å²) in [5.41, 5.74) is 1.33. The molecule has 0 saturated carbocycles. The Morgan fingerprint density at radius 2 is 1.78 bits per heavy atom. The maximum Gasteiger partial charge on any atom is 0.0406 e. The largest absolute Gasteiger partial charge is 0.312 e. The first-order chi connectivity index (χ1) is 8.78. The molecule has 1 aromatic heterocycles. The average molecular weight is 280 g/mol. The van der Waals surface area contributed by atoms with E-state index in [2.05, 4.69) is 36.5 Å². The lowest BCUT2D eigenvalue weighted by atomic mass is 10.1. The van der Waals surface area contributed by atoms with Gasteiger partial charge in [-0.05, 0) is 49.2 Å². The molecule has 0 aliphatic rings. The molecule has 0 amide bonds. The minimum absolute atomic E-state index is 0.803. The van der Waals surface area contributed by atoms with Crippen LogP contribution in [0.2, 0.25) is 5.02 Å². The van der Waals surface area contributed by atoms with Crippen molar-refractivity contribution in [3.05, 3.63) is 56.7 Å². The Balaban J connectivity index is 1.71. The van der Waals surface area contributed by atoms with Gasteiger partial charge in [0.25, 0.3) is 0 Å². The van der Waals surface area contributed by atoms with Crippen molar-refractivity contribution >= 4 is 22.9 Å². The van der Waals surface area contributed by atoms with E-state index in [-0.39, 0.29) is 0 Å². The highest BCUT2D eigenvalue weighted by molar-refractivity contribution is 7.11. The van der Waals surface area contributed by atoms with Crippen molar-refractivity contribution in [2.45, 2.75) is 26.3 Å². The van der Waals surface area contributed by atoms with E-state index < -0.39 is 0 Å². The zero-order valence-corrected chi connectivity index (χ0v) is 12.2. The fraction of sp³-hybridized carbons (Fsp3) is 0.333. The second-order valence-electron chi connectivity index (χ2n) is 4.27. The third-order valence-electron chi connectivity index (χ3n) is 2.87. The van der Waals surface area contributed by atoms with Crippen LogP contribution in [0.1, 0.15) is 22.2 Å². The van der Waals surface area contributed by atoms with E-state index in [4.69, 9.17) is 11.6 Å². The maximum atomic E-state index is 5.85. The molecular formula is C15H18ClNS. The summed E-state index contributed by atoms with van der Waals surface area (Å²) in [5.74, 6) is 0. The van der Waals surface area contributed by atoms with Gasteiger partial charge in [-0.2, -0.15) is 0 Å². The molecule has 96 valence electrons. The van der Waals surface area contributed by atoms with Crippen LogP contribution in [0.25, 0.3) is 0 Å². The molecule has 0 radical (unpaired) electrons. The lowest BCUT2D eigenvalue weighted by Gasteiger charge is -2.03. The third-order valence-corrected chi connectivity index (χ3v) is 4.35. The van der Waals surface area contributed by atoms with Gasteiger partial charge < -0.3 is 5.32 Å². The minimum atomic E-state index is 0.803. The fourth-order valence-electron chi connectivity index (χ4n) is 1.80. The number of thiophene rings is 1. The van der Waals surface area contributed by atoms with Crippen molar-refractivity contribution in [3.63, 3.8) is 0 Å². The van der Waals surface area contributed by atoms with Gasteiger partial charge in [0.15, 0.2) is 0 Å². The highest BCUT2D eigenvalue weighted by atomic mass is 35.5. The predicted molar refractivity (Wildman–Crippen MR) is 80.6 cm³/mol. The lowest BCUT2D eigenvalue weighted by Crippen LogP contribution is -2.15. The summed E-state index contributed by atoms with van der Waals surface area (Å²) in [6.45, 7) is 4.17. The Hall–Kier alpha value is -0.830. The normalized spacial score (nSPS) is 10.8. The van der Waals surface area contributed by atoms with Gasteiger partial charge in [0.05, 0.1) is 0 Å². The quantitative estimate of drug-likeness (QED) is 0.778. The summed E-state index contributed by atoms with van der Waals surface area (Å²) in [5, 5.41) is 4.28. The molecule has 0 aliphatic heterocycles. The molecule has 0 fully saturated rings. The van der Waals surface area contributed by atoms with Crippen LogP contribution in [-0.4, -0.2) is 6.54 Å². The summed E-state index contributed by atoms with van der Waals surface area (Å²) in [6, 6.07) is 12.5. The molecule has 0 bridgehead atoms. The van der Waals surface area contributed by atoms with Crippen molar-refractivity contribution in [2.24, 2.45) is 0 Å². The van der Waals surface area contributed by atoms with Crippen molar-refractivity contribution < 1.29 is 0 Å². The molecule has 0 atom stereocenters. The maximum absolute atomic E-state index is 5.85. The van der Waals surface area contributed by atoms with Crippen LogP contribution in [0, 0.1) is 0 Å². The van der Waals surface area contributed by atoms with Crippen molar-refractivity contribution in [3.8, 4) is 0 Å². The summed E-state index contributed by atoms with van der Waals surface area (Å²) in [7, 11) is 0. The summed E-state index contributed by atoms with van der Waals surface area (Å²) >= 11 is 7.76. The van der Waals surface area contributed by atoms with Crippen molar-refractivity contribution in [1.29, 1.82) is 0 Å². The van der Waals surface area contributed by atoms with Gasteiger partial charge in [-0.25, -0.2) is 0 Å². The van der Waals surface area contributed by atoms with E-state index >= 15 is 0 Å². The molecular weight excluding hydrogens is 262 g/mol. The van der Waals surface area contributed by atoms with Crippen LogP contribution >= 0.6 is 22.9 Å². The van der Waals surface area contributed by atoms with E-state index in [1.807, 2.05) is 23.5 Å². The summed E-state index contributed by atoms with van der Waals surface area (Å²) in [6.07, 6.45) is 2.18. The number of hydrogen-bond donors (Lipinski definition) is 1. The molecule has 1 aromatic carbocycles. The SMILES string of the molecule is CCc1ccc(CNCCc2ccc(Cl)cc2)s1. The molecule has 1 N–H and O–H groups in total. The second kappa shape index (κ2) is 6.93. The van der Waals surface area contributed by atoms with Crippen molar-refractivity contribution in [1.82, 2.24) is 5.32 Å². The molecule has 0 unspecified atom stereocenters. The van der Waals surface area contributed by atoms with Crippen LogP contribution < -0.4 is 5.32 Å².